The molecule has 1 atom stereocenters. The third kappa shape index (κ3) is 8.07. The van der Waals surface area contributed by atoms with Gasteiger partial charge in [0.25, 0.3) is 0 Å². The summed E-state index contributed by atoms with van der Waals surface area (Å²) in [6, 6.07) is 17.9. The summed E-state index contributed by atoms with van der Waals surface area (Å²) in [6.45, 7) is 10.4. The fraction of sp³-hybridized carbons (Fsp3) is 0.452. The zero-order valence-electron chi connectivity index (χ0n) is 25.9. The fourth-order valence-electron chi connectivity index (χ4n) is 5.01. The number of anilines is 1. The Balaban J connectivity index is 1.59. The molecule has 0 saturated heterocycles. The van der Waals surface area contributed by atoms with E-state index in [0.29, 0.717) is 18.0 Å². The van der Waals surface area contributed by atoms with E-state index in [1.54, 1.807) is 27.7 Å². The Morgan fingerprint density at radius 3 is 2.19 bits per heavy atom. The van der Waals surface area contributed by atoms with Gasteiger partial charge in [-0.3, -0.25) is 9.13 Å². The number of benzene rings is 2. The molecule has 0 amide bonds. The fourth-order valence-corrected chi connectivity index (χ4v) is 9.74. The van der Waals surface area contributed by atoms with Crippen molar-refractivity contribution in [1.82, 2.24) is 9.97 Å². The Morgan fingerprint density at radius 2 is 1.56 bits per heavy atom. The Kier molecular flexibility index (Phi) is 11.5. The number of aromatic nitrogens is 2. The average molecular weight is 632 g/mol. The number of aryl methyl sites for hydroxylation is 1. The number of nitrogens with one attached hydrogen (secondary N) is 1. The molecule has 2 aromatic heterocycles. The van der Waals surface area contributed by atoms with Crippen molar-refractivity contribution in [2.75, 3.05) is 51.1 Å². The molecule has 43 heavy (non-hydrogen) atoms. The molecule has 2 aromatic carbocycles. The second kappa shape index (κ2) is 14.8. The lowest BCUT2D eigenvalue weighted by Crippen LogP contribution is -2.20. The Bertz CT molecular complexity index is 1550. The van der Waals surface area contributed by atoms with Crippen LogP contribution in [-0.2, 0) is 33.6 Å². The molecule has 2 heterocycles. The van der Waals surface area contributed by atoms with Crippen LogP contribution in [0.1, 0.15) is 50.5 Å². The van der Waals surface area contributed by atoms with Crippen molar-refractivity contribution in [1.29, 1.82) is 0 Å². The summed E-state index contributed by atoms with van der Waals surface area (Å²) in [6.07, 6.45) is 0.568. The van der Waals surface area contributed by atoms with Crippen LogP contribution in [0.5, 0.6) is 0 Å². The van der Waals surface area contributed by atoms with E-state index in [4.69, 9.17) is 27.5 Å². The summed E-state index contributed by atoms with van der Waals surface area (Å²) < 4.78 is 56.2. The minimum Gasteiger partial charge on any atom is -0.441 e. The highest BCUT2D eigenvalue weighted by molar-refractivity contribution is 7.58. The topological polar surface area (TPSA) is 116 Å². The lowest BCUT2D eigenvalue weighted by molar-refractivity contribution is 0.203. The predicted octanol–water partition coefficient (Wildman–Crippen LogP) is 8.38. The van der Waals surface area contributed by atoms with E-state index in [9.17, 15) is 9.13 Å². The van der Waals surface area contributed by atoms with Crippen LogP contribution in [0.2, 0.25) is 0 Å². The zero-order valence-corrected chi connectivity index (χ0v) is 27.7. The van der Waals surface area contributed by atoms with Crippen molar-refractivity contribution in [2.45, 2.75) is 46.7 Å². The van der Waals surface area contributed by atoms with Gasteiger partial charge < -0.3 is 32.4 Å². The van der Waals surface area contributed by atoms with Gasteiger partial charge in [0, 0.05) is 42.5 Å². The molecule has 4 rings (SSSR count). The first-order chi connectivity index (χ1) is 20.6. The van der Waals surface area contributed by atoms with Gasteiger partial charge in [-0.25, -0.2) is 4.98 Å². The minimum atomic E-state index is -3.74. The Labute approximate surface area is 254 Å². The van der Waals surface area contributed by atoms with E-state index in [-0.39, 0.29) is 32.6 Å². The van der Waals surface area contributed by atoms with Gasteiger partial charge in [0.15, 0.2) is 0 Å². The number of hydrogen-bond acceptors (Lipinski definition) is 9. The van der Waals surface area contributed by atoms with Crippen molar-refractivity contribution in [3.8, 4) is 11.5 Å². The number of nitrogens with zero attached hydrogens (tertiary/aromatic N) is 2. The highest BCUT2D eigenvalue weighted by Gasteiger charge is 2.44. The van der Waals surface area contributed by atoms with E-state index in [1.807, 2.05) is 68.6 Å². The Morgan fingerprint density at radius 1 is 0.907 bits per heavy atom. The molecule has 0 aliphatic carbocycles. The van der Waals surface area contributed by atoms with E-state index in [2.05, 4.69) is 9.88 Å². The standard InChI is InChI=1S/C31H43N3O7P2/c1-7-37-42(35,38-8-2)22-30(43(36,39-9-3)40-10-4)29-20-25-16-17-26(21-28(25)32-29)34(6)19-18-27-23(5)41-31(33-27)24-14-12-11-13-15-24/h11-17,20-21,30,32H,7-10,18-19,22H2,1-6H3. The number of hydrogen-bond donors (Lipinski definition) is 1. The van der Waals surface area contributed by atoms with Crippen LogP contribution in [0.3, 0.4) is 0 Å². The highest BCUT2D eigenvalue weighted by Crippen LogP contribution is 2.66. The lowest BCUT2D eigenvalue weighted by atomic mass is 10.2. The van der Waals surface area contributed by atoms with Crippen LogP contribution in [0, 0.1) is 6.92 Å². The zero-order chi connectivity index (χ0) is 31.0. The molecule has 234 valence electrons. The van der Waals surface area contributed by atoms with Crippen molar-refractivity contribution < 1.29 is 31.6 Å². The molecule has 0 radical (unpaired) electrons. The monoisotopic (exact) mass is 631 g/mol. The maximum absolute atomic E-state index is 14.1. The molecule has 0 spiro atoms. The lowest BCUT2D eigenvalue weighted by Gasteiger charge is -2.28. The first-order valence-electron chi connectivity index (χ1n) is 14.8. The SMILES string of the molecule is CCOP(=O)(CC(c1cc2ccc(N(C)CCc3nc(-c4ccccc4)oc3C)cc2[nH]1)P(=O)(OCC)OCC)OCC. The number of H-pyrrole nitrogens is 1. The Hall–Kier alpha value is -2.71. The van der Waals surface area contributed by atoms with Gasteiger partial charge in [0.05, 0.1) is 38.3 Å². The van der Waals surface area contributed by atoms with Crippen molar-refractivity contribution in [2.24, 2.45) is 0 Å². The van der Waals surface area contributed by atoms with E-state index >= 15 is 0 Å². The highest BCUT2D eigenvalue weighted by atomic mass is 31.2. The van der Waals surface area contributed by atoms with E-state index in [0.717, 1.165) is 40.2 Å². The maximum atomic E-state index is 14.1. The summed E-state index contributed by atoms with van der Waals surface area (Å²) in [5, 5.41) is 0.916. The number of aromatic amines is 1. The summed E-state index contributed by atoms with van der Waals surface area (Å²) in [7, 11) is -5.30. The average Bonchev–Trinajstić information content (AvgIpc) is 3.58. The van der Waals surface area contributed by atoms with E-state index < -0.39 is 20.9 Å². The van der Waals surface area contributed by atoms with Gasteiger partial charge in [0.2, 0.25) is 5.89 Å². The van der Waals surface area contributed by atoms with Crippen LogP contribution in [-0.4, -0.2) is 56.1 Å². The van der Waals surface area contributed by atoms with Crippen LogP contribution < -0.4 is 4.90 Å². The van der Waals surface area contributed by atoms with Gasteiger partial charge >= 0.3 is 15.2 Å². The molecule has 0 aliphatic rings. The normalized spacial score (nSPS) is 13.1. The van der Waals surface area contributed by atoms with Crippen LogP contribution >= 0.6 is 15.2 Å². The molecule has 12 heteroatoms. The van der Waals surface area contributed by atoms with Crippen molar-refractivity contribution in [3.63, 3.8) is 0 Å². The third-order valence-corrected chi connectivity index (χ3v) is 11.9. The second-order valence-electron chi connectivity index (χ2n) is 10.1. The minimum absolute atomic E-state index is 0.145. The van der Waals surface area contributed by atoms with Crippen molar-refractivity contribution in [3.05, 3.63) is 71.7 Å². The van der Waals surface area contributed by atoms with Crippen LogP contribution in [0.15, 0.2) is 59.0 Å². The van der Waals surface area contributed by atoms with Gasteiger partial charge in [0.1, 0.15) is 11.4 Å². The molecule has 0 aliphatic heterocycles. The predicted molar refractivity (Wildman–Crippen MR) is 171 cm³/mol. The van der Waals surface area contributed by atoms with Crippen LogP contribution in [0.25, 0.3) is 22.4 Å². The van der Waals surface area contributed by atoms with Gasteiger partial charge in [-0.2, -0.15) is 0 Å². The second-order valence-corrected chi connectivity index (χ2v) is 14.4. The molecule has 10 nitrogen and oxygen atoms in total. The quantitative estimate of drug-likeness (QED) is 0.115. The summed E-state index contributed by atoms with van der Waals surface area (Å²) >= 11 is 0. The number of rotatable bonds is 17. The third-order valence-electron chi connectivity index (χ3n) is 7.07. The largest absolute Gasteiger partial charge is 0.441 e. The summed E-state index contributed by atoms with van der Waals surface area (Å²) in [5.74, 6) is 1.44. The van der Waals surface area contributed by atoms with Crippen LogP contribution in [0.4, 0.5) is 5.69 Å². The smallest absolute Gasteiger partial charge is 0.340 e. The molecule has 4 aromatic rings. The van der Waals surface area contributed by atoms with E-state index in [1.165, 1.54) is 0 Å². The summed E-state index contributed by atoms with van der Waals surface area (Å²) in [4.78, 5) is 10.3. The molecule has 0 saturated carbocycles. The number of likely N-dealkylation sites (N-methyl/N-ethyl adjacent to an activating group) is 1. The molecular weight excluding hydrogens is 588 g/mol. The molecule has 0 bridgehead atoms. The number of oxazole rings is 1. The van der Waals surface area contributed by atoms with Gasteiger partial charge in [-0.05, 0) is 70.3 Å². The molecule has 1 unspecified atom stereocenters. The summed E-state index contributed by atoms with van der Waals surface area (Å²) in [5.41, 5.74) is 3.43. The van der Waals surface area contributed by atoms with Gasteiger partial charge in [-0.1, -0.05) is 24.3 Å². The first-order valence-corrected chi connectivity index (χ1v) is 18.1. The number of fused-ring (bicyclic) bond motifs is 1. The first kappa shape index (κ1) is 33.2. The molecular formula is C31H43N3O7P2. The maximum Gasteiger partial charge on any atom is 0.340 e. The van der Waals surface area contributed by atoms with Crippen molar-refractivity contribution >= 4 is 31.8 Å². The van der Waals surface area contributed by atoms with Gasteiger partial charge in [-0.15, -0.1) is 0 Å². The molecule has 0 fully saturated rings. The molecule has 1 N–H and O–H groups in total.